The first-order valence-corrected chi connectivity index (χ1v) is 4.65. The van der Waals surface area contributed by atoms with Crippen molar-refractivity contribution < 1.29 is 9.21 Å². The topological polar surface area (TPSA) is 54.6 Å². The molecule has 1 saturated carbocycles. The first-order valence-electron chi connectivity index (χ1n) is 4.65. The van der Waals surface area contributed by atoms with Crippen LogP contribution in [0.25, 0.3) is 0 Å². The van der Waals surface area contributed by atoms with E-state index in [9.17, 15) is 4.79 Å². The van der Waals surface area contributed by atoms with Gasteiger partial charge in [0, 0.05) is 5.92 Å². The molecule has 1 N–H and O–H groups in total. The molecule has 0 atom stereocenters. The summed E-state index contributed by atoms with van der Waals surface area (Å²) in [6, 6.07) is 3.60. The molecular weight excluding hydrogens is 180 g/mol. The van der Waals surface area contributed by atoms with Crippen LogP contribution in [0.5, 0.6) is 0 Å². The van der Waals surface area contributed by atoms with Gasteiger partial charge in [0.1, 0.15) is 11.5 Å². The Bertz CT molecular complexity index is 350. The zero-order valence-corrected chi connectivity index (χ0v) is 7.99. The van der Waals surface area contributed by atoms with Gasteiger partial charge in [-0.15, -0.1) is 0 Å². The zero-order valence-electron chi connectivity index (χ0n) is 7.99. The molecule has 1 aliphatic carbocycles. The van der Waals surface area contributed by atoms with Gasteiger partial charge in [0.2, 0.25) is 5.91 Å². The predicted octanol–water partition coefficient (Wildman–Crippen LogP) is 1.53. The van der Waals surface area contributed by atoms with Crippen LogP contribution in [0.3, 0.4) is 0 Å². The van der Waals surface area contributed by atoms with Crippen LogP contribution in [0.4, 0.5) is 0 Å². The molecule has 1 heterocycles. The molecule has 0 bridgehead atoms. The minimum Gasteiger partial charge on any atom is -0.463 e. The number of carbonyl (C=O) groups excluding carboxylic acids is 1. The van der Waals surface area contributed by atoms with E-state index in [2.05, 4.69) is 10.5 Å². The second-order valence-corrected chi connectivity index (χ2v) is 3.42. The Morgan fingerprint density at radius 2 is 2.43 bits per heavy atom. The van der Waals surface area contributed by atoms with Gasteiger partial charge in [0.25, 0.3) is 0 Å². The van der Waals surface area contributed by atoms with Crippen molar-refractivity contribution in [1.82, 2.24) is 5.43 Å². The maximum atomic E-state index is 11.2. The van der Waals surface area contributed by atoms with E-state index in [0.29, 0.717) is 11.5 Å². The summed E-state index contributed by atoms with van der Waals surface area (Å²) in [6.45, 7) is 1.80. The number of amides is 1. The fraction of sp³-hybridized carbons (Fsp3) is 0.400. The van der Waals surface area contributed by atoms with Gasteiger partial charge < -0.3 is 4.42 Å². The van der Waals surface area contributed by atoms with Crippen molar-refractivity contribution in [3.05, 3.63) is 24.2 Å². The highest BCUT2D eigenvalue weighted by molar-refractivity contribution is 5.96. The summed E-state index contributed by atoms with van der Waals surface area (Å²) >= 11 is 0. The van der Waals surface area contributed by atoms with Crippen molar-refractivity contribution in [1.29, 1.82) is 0 Å². The lowest BCUT2D eigenvalue weighted by molar-refractivity contribution is -0.122. The molecule has 1 aromatic heterocycles. The highest BCUT2D eigenvalue weighted by Crippen LogP contribution is 2.28. The minimum atomic E-state index is 0.0101. The summed E-state index contributed by atoms with van der Waals surface area (Å²) in [5.41, 5.74) is 3.21. The first kappa shape index (κ1) is 8.99. The molecule has 0 saturated heterocycles. The number of hydrogen-bond donors (Lipinski definition) is 1. The average molecular weight is 192 g/mol. The van der Waals surface area contributed by atoms with Crippen molar-refractivity contribution in [3.63, 3.8) is 0 Å². The van der Waals surface area contributed by atoms with E-state index in [1.54, 1.807) is 19.3 Å². The van der Waals surface area contributed by atoms with Crippen LogP contribution < -0.4 is 5.43 Å². The number of nitrogens with one attached hydrogen (secondary N) is 1. The van der Waals surface area contributed by atoms with Crippen LogP contribution in [-0.4, -0.2) is 11.6 Å². The van der Waals surface area contributed by atoms with Crippen molar-refractivity contribution in [2.45, 2.75) is 19.8 Å². The third-order valence-electron chi connectivity index (χ3n) is 2.16. The van der Waals surface area contributed by atoms with Crippen LogP contribution in [-0.2, 0) is 4.79 Å². The second kappa shape index (κ2) is 3.65. The first-order chi connectivity index (χ1) is 6.77. The Kier molecular flexibility index (Phi) is 2.35. The summed E-state index contributed by atoms with van der Waals surface area (Å²) in [5.74, 6) is 0.875. The van der Waals surface area contributed by atoms with Crippen LogP contribution in [0.1, 0.15) is 25.5 Å². The summed E-state index contributed by atoms with van der Waals surface area (Å²) in [5, 5.41) is 3.95. The average Bonchev–Trinajstić information content (AvgIpc) is 2.90. The van der Waals surface area contributed by atoms with E-state index >= 15 is 0 Å². The number of hydrogen-bond acceptors (Lipinski definition) is 3. The molecule has 0 radical (unpaired) electrons. The molecule has 14 heavy (non-hydrogen) atoms. The highest BCUT2D eigenvalue weighted by Gasteiger charge is 2.29. The van der Waals surface area contributed by atoms with Gasteiger partial charge >= 0.3 is 0 Å². The van der Waals surface area contributed by atoms with Gasteiger partial charge in [-0.2, -0.15) is 5.10 Å². The monoisotopic (exact) mass is 192 g/mol. The normalized spacial score (nSPS) is 16.8. The van der Waals surface area contributed by atoms with Crippen molar-refractivity contribution in [2.75, 3.05) is 0 Å². The Morgan fingerprint density at radius 3 is 3.00 bits per heavy atom. The summed E-state index contributed by atoms with van der Waals surface area (Å²) in [7, 11) is 0. The van der Waals surface area contributed by atoms with Crippen LogP contribution >= 0.6 is 0 Å². The third-order valence-corrected chi connectivity index (χ3v) is 2.16. The van der Waals surface area contributed by atoms with E-state index in [1.807, 2.05) is 6.07 Å². The highest BCUT2D eigenvalue weighted by atomic mass is 16.3. The molecule has 0 unspecified atom stereocenters. The standard InChI is InChI=1S/C10H12N2O2/c1-7(9-3-2-6-14-9)11-12-10(13)8-4-5-8/h2-3,6,8H,4-5H2,1H3,(H,12,13)/b11-7+. The van der Waals surface area contributed by atoms with Crippen LogP contribution in [0, 0.1) is 5.92 Å². The maximum absolute atomic E-state index is 11.2. The smallest absolute Gasteiger partial charge is 0.243 e. The molecular formula is C10H12N2O2. The quantitative estimate of drug-likeness (QED) is 0.583. The van der Waals surface area contributed by atoms with Crippen molar-refractivity contribution in [2.24, 2.45) is 11.0 Å². The summed E-state index contributed by atoms with van der Waals surface area (Å²) in [4.78, 5) is 11.2. The Hall–Kier alpha value is -1.58. The number of rotatable bonds is 3. The number of carbonyl (C=O) groups is 1. The fourth-order valence-electron chi connectivity index (χ4n) is 1.12. The fourth-order valence-corrected chi connectivity index (χ4v) is 1.12. The van der Waals surface area contributed by atoms with E-state index in [1.165, 1.54) is 0 Å². The second-order valence-electron chi connectivity index (χ2n) is 3.42. The van der Waals surface area contributed by atoms with Gasteiger partial charge in [-0.3, -0.25) is 4.79 Å². The maximum Gasteiger partial charge on any atom is 0.243 e. The van der Waals surface area contributed by atoms with E-state index in [-0.39, 0.29) is 11.8 Å². The third kappa shape index (κ3) is 2.02. The molecule has 4 nitrogen and oxygen atoms in total. The Balaban J connectivity index is 1.93. The molecule has 1 fully saturated rings. The van der Waals surface area contributed by atoms with E-state index in [4.69, 9.17) is 4.42 Å². The van der Waals surface area contributed by atoms with E-state index in [0.717, 1.165) is 12.8 Å². The Morgan fingerprint density at radius 1 is 1.64 bits per heavy atom. The largest absolute Gasteiger partial charge is 0.463 e. The molecule has 2 rings (SSSR count). The molecule has 1 aromatic rings. The Labute approximate surface area is 82.0 Å². The molecule has 0 aromatic carbocycles. The minimum absolute atomic E-state index is 0.0101. The molecule has 0 spiro atoms. The molecule has 74 valence electrons. The van der Waals surface area contributed by atoms with Crippen LogP contribution in [0.15, 0.2) is 27.9 Å². The SMILES string of the molecule is C/C(=N\NC(=O)C1CC1)c1ccco1. The lowest BCUT2D eigenvalue weighted by Crippen LogP contribution is -2.20. The number of furan rings is 1. The van der Waals surface area contributed by atoms with Gasteiger partial charge in [-0.1, -0.05) is 0 Å². The van der Waals surface area contributed by atoms with Gasteiger partial charge in [0.15, 0.2) is 0 Å². The summed E-state index contributed by atoms with van der Waals surface area (Å²) < 4.78 is 5.12. The molecule has 1 aliphatic rings. The molecule has 4 heteroatoms. The van der Waals surface area contributed by atoms with Crippen molar-refractivity contribution in [3.8, 4) is 0 Å². The zero-order chi connectivity index (χ0) is 9.97. The van der Waals surface area contributed by atoms with E-state index < -0.39 is 0 Å². The van der Waals surface area contributed by atoms with Gasteiger partial charge in [-0.25, -0.2) is 5.43 Å². The van der Waals surface area contributed by atoms with Gasteiger partial charge in [-0.05, 0) is 31.9 Å². The van der Waals surface area contributed by atoms with Gasteiger partial charge in [0.05, 0.1) is 6.26 Å². The number of nitrogens with zero attached hydrogens (tertiary/aromatic N) is 1. The van der Waals surface area contributed by atoms with Crippen molar-refractivity contribution >= 4 is 11.6 Å². The summed E-state index contributed by atoms with van der Waals surface area (Å²) in [6.07, 6.45) is 3.55. The lowest BCUT2D eigenvalue weighted by Gasteiger charge is -1.98. The lowest BCUT2D eigenvalue weighted by atomic mass is 10.3. The predicted molar refractivity (Wildman–Crippen MR) is 51.8 cm³/mol. The number of hydrazone groups is 1. The molecule has 0 aliphatic heterocycles. The molecule has 1 amide bonds. The van der Waals surface area contributed by atoms with Crippen LogP contribution in [0.2, 0.25) is 0 Å².